The first-order chi connectivity index (χ1) is 14.7. The quantitative estimate of drug-likeness (QED) is 0.300. The van der Waals surface area contributed by atoms with Gasteiger partial charge in [-0.2, -0.15) is 5.10 Å². The number of nitrogens with zero attached hydrogens (tertiary/aromatic N) is 1. The average Bonchev–Trinajstić information content (AvgIpc) is 2.70. The highest BCUT2D eigenvalue weighted by molar-refractivity contribution is 9.11. The molecule has 0 saturated heterocycles. The summed E-state index contributed by atoms with van der Waals surface area (Å²) in [6.07, 6.45) is 1.87. The van der Waals surface area contributed by atoms with E-state index >= 15 is 0 Å². The zero-order valence-corrected chi connectivity index (χ0v) is 20.8. The fourth-order valence-corrected chi connectivity index (χ4v) is 3.87. The summed E-state index contributed by atoms with van der Waals surface area (Å²) >= 11 is 12.3. The predicted molar refractivity (Wildman–Crippen MR) is 128 cm³/mol. The molecule has 0 radical (unpaired) electrons. The molecule has 2 amide bonds. The molecule has 31 heavy (non-hydrogen) atoms. The highest BCUT2D eigenvalue weighted by atomic mass is 79.9. The zero-order valence-electron chi connectivity index (χ0n) is 16.9. The first-order valence-electron chi connectivity index (χ1n) is 9.34. The van der Waals surface area contributed by atoms with Gasteiger partial charge in [-0.1, -0.05) is 25.4 Å². The van der Waals surface area contributed by atoms with Crippen molar-refractivity contribution in [2.45, 2.75) is 26.3 Å². The second kappa shape index (κ2) is 12.1. The molecule has 0 fully saturated rings. The van der Waals surface area contributed by atoms with E-state index in [-0.39, 0.29) is 18.3 Å². The molecule has 7 nitrogen and oxygen atoms in total. The number of phenolic OH excluding ortho intramolecular Hbond substituents is 1. The average molecular weight is 576 g/mol. The van der Waals surface area contributed by atoms with Crippen molar-refractivity contribution in [1.29, 1.82) is 0 Å². The lowest BCUT2D eigenvalue weighted by Crippen LogP contribution is -2.47. The lowest BCUT2D eigenvalue weighted by atomic mass is 10.0. The number of rotatable bonds is 9. The molecular weight excluding hydrogens is 554 g/mol. The Hall–Kier alpha value is -2.10. The molecule has 0 aromatic heterocycles. The standard InChI is InChI=1S/C21H22Br2ClN3O4/c1-12(2)7-18(26-19(28)11-31-15-5-3-14(24)4-6-15)21(30)27-25-10-13-8-16(22)20(29)17(23)9-13/h3-6,8-10,12,18,29H,7,11H2,1-2H3,(H,26,28)(H,27,30)/b25-10-/t18-/m1/s1. The normalized spacial score (nSPS) is 12.1. The van der Waals surface area contributed by atoms with Gasteiger partial charge in [0.05, 0.1) is 15.2 Å². The van der Waals surface area contributed by atoms with Crippen LogP contribution in [0, 0.1) is 5.92 Å². The van der Waals surface area contributed by atoms with E-state index in [0.717, 1.165) is 0 Å². The number of carbonyl (C=O) groups excluding carboxylic acids is 2. The van der Waals surface area contributed by atoms with Crippen LogP contribution in [-0.2, 0) is 9.59 Å². The SMILES string of the molecule is CC(C)C[C@@H](NC(=O)COc1ccc(Cl)cc1)C(=O)N/N=C\c1cc(Br)c(O)c(Br)c1. The van der Waals surface area contributed by atoms with Gasteiger partial charge in [-0.15, -0.1) is 0 Å². The third-order valence-corrected chi connectivity index (χ3v) is 5.43. The van der Waals surface area contributed by atoms with Crippen LogP contribution in [0.2, 0.25) is 5.02 Å². The van der Waals surface area contributed by atoms with Crippen LogP contribution in [0.5, 0.6) is 11.5 Å². The molecule has 2 rings (SSSR count). The van der Waals surface area contributed by atoms with Gasteiger partial charge in [0.15, 0.2) is 6.61 Å². The molecule has 10 heteroatoms. The van der Waals surface area contributed by atoms with Gasteiger partial charge in [0.2, 0.25) is 0 Å². The number of ether oxygens (including phenoxy) is 1. The van der Waals surface area contributed by atoms with Crippen molar-refractivity contribution < 1.29 is 19.4 Å². The largest absolute Gasteiger partial charge is 0.506 e. The van der Waals surface area contributed by atoms with Crippen LogP contribution in [0.25, 0.3) is 0 Å². The minimum atomic E-state index is -0.767. The minimum Gasteiger partial charge on any atom is -0.506 e. The van der Waals surface area contributed by atoms with Gasteiger partial charge >= 0.3 is 0 Å². The molecule has 0 aliphatic carbocycles. The van der Waals surface area contributed by atoms with Gasteiger partial charge < -0.3 is 15.2 Å². The van der Waals surface area contributed by atoms with Gasteiger partial charge in [0, 0.05) is 5.02 Å². The van der Waals surface area contributed by atoms with Crippen LogP contribution < -0.4 is 15.5 Å². The van der Waals surface area contributed by atoms with Crippen molar-refractivity contribution >= 4 is 61.5 Å². The number of phenols is 1. The third-order valence-electron chi connectivity index (χ3n) is 3.97. The Morgan fingerprint density at radius 1 is 1.19 bits per heavy atom. The van der Waals surface area contributed by atoms with E-state index in [4.69, 9.17) is 16.3 Å². The van der Waals surface area contributed by atoms with Crippen molar-refractivity contribution in [2.75, 3.05) is 6.61 Å². The van der Waals surface area contributed by atoms with E-state index in [0.29, 0.717) is 31.7 Å². The Morgan fingerprint density at radius 3 is 2.39 bits per heavy atom. The summed E-state index contributed by atoms with van der Waals surface area (Å²) in [5.74, 6) is -0.129. The molecule has 0 bridgehead atoms. The molecule has 1 atom stereocenters. The van der Waals surface area contributed by atoms with Crippen molar-refractivity contribution in [3.05, 3.63) is 55.9 Å². The number of hydrazone groups is 1. The van der Waals surface area contributed by atoms with E-state index < -0.39 is 17.9 Å². The van der Waals surface area contributed by atoms with Crippen LogP contribution in [0.1, 0.15) is 25.8 Å². The van der Waals surface area contributed by atoms with Gasteiger partial charge in [0.1, 0.15) is 17.5 Å². The van der Waals surface area contributed by atoms with Crippen molar-refractivity contribution in [1.82, 2.24) is 10.7 Å². The predicted octanol–water partition coefficient (Wildman–Crippen LogP) is 4.63. The smallest absolute Gasteiger partial charge is 0.262 e. The first-order valence-corrected chi connectivity index (χ1v) is 11.3. The first kappa shape index (κ1) is 25.2. The highest BCUT2D eigenvalue weighted by Crippen LogP contribution is 2.32. The number of carbonyl (C=O) groups is 2. The summed E-state index contributed by atoms with van der Waals surface area (Å²) in [6, 6.07) is 9.16. The molecule has 2 aromatic carbocycles. The Kier molecular flexibility index (Phi) is 9.80. The van der Waals surface area contributed by atoms with Crippen molar-refractivity contribution in [2.24, 2.45) is 11.0 Å². The fraction of sp³-hybridized carbons (Fsp3) is 0.286. The lowest BCUT2D eigenvalue weighted by molar-refractivity contribution is -0.130. The number of aromatic hydroxyl groups is 1. The Morgan fingerprint density at radius 2 is 1.81 bits per heavy atom. The molecule has 0 heterocycles. The number of nitrogens with one attached hydrogen (secondary N) is 2. The maximum Gasteiger partial charge on any atom is 0.262 e. The summed E-state index contributed by atoms with van der Waals surface area (Å²) in [6.45, 7) is 3.67. The second-order valence-corrected chi connectivity index (χ2v) is 9.20. The molecule has 3 N–H and O–H groups in total. The van der Waals surface area contributed by atoms with Crippen LogP contribution in [-0.4, -0.2) is 35.8 Å². The molecular formula is C21H22Br2ClN3O4. The monoisotopic (exact) mass is 573 g/mol. The van der Waals surface area contributed by atoms with E-state index in [2.05, 4.69) is 47.7 Å². The lowest BCUT2D eigenvalue weighted by Gasteiger charge is -2.19. The number of hydrogen-bond donors (Lipinski definition) is 3. The van der Waals surface area contributed by atoms with E-state index in [9.17, 15) is 14.7 Å². The van der Waals surface area contributed by atoms with Gasteiger partial charge in [-0.25, -0.2) is 5.43 Å². The summed E-state index contributed by atoms with van der Waals surface area (Å²) in [5.41, 5.74) is 3.09. The summed E-state index contributed by atoms with van der Waals surface area (Å²) in [4.78, 5) is 24.8. The molecule has 0 aliphatic rings. The molecule has 0 saturated carbocycles. The van der Waals surface area contributed by atoms with E-state index in [1.807, 2.05) is 13.8 Å². The molecule has 0 unspecified atom stereocenters. The Balaban J connectivity index is 1.94. The number of halogens is 3. The fourth-order valence-electron chi connectivity index (χ4n) is 2.53. The van der Waals surface area contributed by atoms with Crippen LogP contribution in [0.15, 0.2) is 50.4 Å². The summed E-state index contributed by atoms with van der Waals surface area (Å²) < 4.78 is 6.39. The minimum absolute atomic E-state index is 0.0710. The van der Waals surface area contributed by atoms with E-state index in [1.54, 1.807) is 36.4 Å². The number of hydrogen-bond acceptors (Lipinski definition) is 5. The molecule has 2 aromatic rings. The van der Waals surface area contributed by atoms with Gasteiger partial charge in [-0.05, 0) is 86.2 Å². The third kappa shape index (κ3) is 8.51. The second-order valence-electron chi connectivity index (χ2n) is 7.06. The summed E-state index contributed by atoms with van der Waals surface area (Å²) in [5, 5.41) is 16.9. The Labute approximate surface area is 202 Å². The van der Waals surface area contributed by atoms with Crippen LogP contribution in [0.3, 0.4) is 0 Å². The van der Waals surface area contributed by atoms with Gasteiger partial charge in [0.25, 0.3) is 11.8 Å². The van der Waals surface area contributed by atoms with Crippen LogP contribution >= 0.6 is 43.5 Å². The Bertz CT molecular complexity index is 929. The topological polar surface area (TPSA) is 100 Å². The number of benzene rings is 2. The van der Waals surface area contributed by atoms with Crippen molar-refractivity contribution in [3.63, 3.8) is 0 Å². The number of amides is 2. The van der Waals surface area contributed by atoms with Crippen molar-refractivity contribution in [3.8, 4) is 11.5 Å². The van der Waals surface area contributed by atoms with Gasteiger partial charge in [-0.3, -0.25) is 9.59 Å². The summed E-state index contributed by atoms with van der Waals surface area (Å²) in [7, 11) is 0. The van der Waals surface area contributed by atoms with Crippen LogP contribution in [0.4, 0.5) is 0 Å². The van der Waals surface area contributed by atoms with E-state index in [1.165, 1.54) is 6.21 Å². The maximum absolute atomic E-state index is 12.6. The zero-order chi connectivity index (χ0) is 23.0. The molecule has 166 valence electrons. The maximum atomic E-state index is 12.6. The molecule has 0 aliphatic heterocycles. The molecule has 0 spiro atoms. The highest BCUT2D eigenvalue weighted by Gasteiger charge is 2.22.